The SMILES string of the molecule is Cc1nc(OCCNC(C)C)c(C)c2c1CC(CNCCC1CN(c3ccc4c(n3)NC(=O)CO4)C(=O)O1)C2. The van der Waals surface area contributed by atoms with E-state index in [1.54, 1.807) is 12.1 Å². The zero-order chi connectivity index (χ0) is 27.5. The number of hydrogen-bond acceptors (Lipinski definition) is 9. The predicted octanol–water partition coefficient (Wildman–Crippen LogP) is 2.52. The highest BCUT2D eigenvalue weighted by atomic mass is 16.6. The van der Waals surface area contributed by atoms with Gasteiger partial charge in [-0.05, 0) is 75.4 Å². The van der Waals surface area contributed by atoms with E-state index < -0.39 is 6.09 Å². The monoisotopic (exact) mass is 538 g/mol. The van der Waals surface area contributed by atoms with Gasteiger partial charge in [0.2, 0.25) is 5.88 Å². The molecule has 2 aromatic rings. The number of nitrogens with one attached hydrogen (secondary N) is 3. The molecule has 11 nitrogen and oxygen atoms in total. The van der Waals surface area contributed by atoms with Crippen molar-refractivity contribution in [1.82, 2.24) is 20.6 Å². The van der Waals surface area contributed by atoms with Gasteiger partial charge in [-0.1, -0.05) is 13.8 Å². The fourth-order valence-electron chi connectivity index (χ4n) is 5.39. The minimum atomic E-state index is -0.432. The fourth-order valence-corrected chi connectivity index (χ4v) is 5.39. The van der Waals surface area contributed by atoms with Crippen LogP contribution in [0.5, 0.6) is 11.6 Å². The molecule has 1 fully saturated rings. The highest BCUT2D eigenvalue weighted by molar-refractivity contribution is 5.95. The zero-order valence-electron chi connectivity index (χ0n) is 23.1. The molecule has 3 aliphatic rings. The topological polar surface area (TPSA) is 127 Å². The molecule has 1 saturated heterocycles. The Bertz CT molecular complexity index is 1240. The van der Waals surface area contributed by atoms with Gasteiger partial charge in [0.15, 0.2) is 18.2 Å². The van der Waals surface area contributed by atoms with E-state index in [0.29, 0.717) is 48.9 Å². The third-order valence-electron chi connectivity index (χ3n) is 7.41. The van der Waals surface area contributed by atoms with Crippen molar-refractivity contribution in [3.05, 3.63) is 34.5 Å². The van der Waals surface area contributed by atoms with Crippen molar-refractivity contribution in [3.8, 4) is 11.6 Å². The molecule has 0 saturated carbocycles. The number of anilines is 2. The molecule has 0 aromatic carbocycles. The van der Waals surface area contributed by atoms with E-state index in [1.165, 1.54) is 16.0 Å². The van der Waals surface area contributed by atoms with Gasteiger partial charge >= 0.3 is 6.09 Å². The number of nitrogens with zero attached hydrogens (tertiary/aromatic N) is 3. The van der Waals surface area contributed by atoms with Crippen LogP contribution in [-0.2, 0) is 22.4 Å². The number of amides is 2. The van der Waals surface area contributed by atoms with Crippen LogP contribution in [-0.4, -0.2) is 73.5 Å². The van der Waals surface area contributed by atoms with Gasteiger partial charge < -0.3 is 30.2 Å². The number of aromatic nitrogens is 2. The zero-order valence-corrected chi connectivity index (χ0v) is 23.1. The maximum atomic E-state index is 12.5. The van der Waals surface area contributed by atoms with Crippen molar-refractivity contribution in [1.29, 1.82) is 0 Å². The molecule has 2 amide bonds. The Hall–Kier alpha value is -3.44. The number of hydrogen-bond donors (Lipinski definition) is 3. The van der Waals surface area contributed by atoms with Gasteiger partial charge in [-0.3, -0.25) is 9.69 Å². The molecule has 2 aliphatic heterocycles. The van der Waals surface area contributed by atoms with E-state index in [0.717, 1.165) is 49.6 Å². The maximum absolute atomic E-state index is 12.5. The molecular weight excluding hydrogens is 500 g/mol. The second kappa shape index (κ2) is 11.7. The van der Waals surface area contributed by atoms with Crippen LogP contribution in [0.25, 0.3) is 0 Å². The summed E-state index contributed by atoms with van der Waals surface area (Å²) in [6.07, 6.45) is 2.06. The molecule has 4 heterocycles. The minimum absolute atomic E-state index is 0.0379. The molecule has 210 valence electrons. The van der Waals surface area contributed by atoms with Crippen LogP contribution in [0.2, 0.25) is 0 Å². The number of rotatable bonds is 11. The van der Waals surface area contributed by atoms with Crippen molar-refractivity contribution in [2.45, 2.75) is 59.1 Å². The van der Waals surface area contributed by atoms with Gasteiger partial charge in [-0.15, -0.1) is 0 Å². The van der Waals surface area contributed by atoms with E-state index in [2.05, 4.69) is 48.6 Å². The summed E-state index contributed by atoms with van der Waals surface area (Å²) < 4.78 is 16.9. The Labute approximate surface area is 229 Å². The van der Waals surface area contributed by atoms with Crippen molar-refractivity contribution < 1.29 is 23.8 Å². The Balaban J connectivity index is 1.08. The Morgan fingerprint density at radius 3 is 2.79 bits per heavy atom. The quantitative estimate of drug-likeness (QED) is 0.370. The van der Waals surface area contributed by atoms with Gasteiger partial charge in [0.25, 0.3) is 5.91 Å². The summed E-state index contributed by atoms with van der Waals surface area (Å²) in [7, 11) is 0. The molecule has 2 unspecified atom stereocenters. The van der Waals surface area contributed by atoms with E-state index in [1.807, 2.05) is 0 Å². The average Bonchev–Trinajstić information content (AvgIpc) is 3.50. The minimum Gasteiger partial charge on any atom is -0.480 e. The third kappa shape index (κ3) is 6.25. The lowest BCUT2D eigenvalue weighted by molar-refractivity contribution is -0.118. The predicted molar refractivity (Wildman–Crippen MR) is 147 cm³/mol. The molecule has 5 rings (SSSR count). The molecule has 2 atom stereocenters. The molecule has 11 heteroatoms. The highest BCUT2D eigenvalue weighted by Crippen LogP contribution is 2.35. The highest BCUT2D eigenvalue weighted by Gasteiger charge is 2.34. The summed E-state index contributed by atoms with van der Waals surface area (Å²) in [6.45, 7) is 11.8. The number of carbonyl (C=O) groups excluding carboxylic acids is 2. The third-order valence-corrected chi connectivity index (χ3v) is 7.41. The Morgan fingerprint density at radius 2 is 1.97 bits per heavy atom. The first kappa shape index (κ1) is 27.1. The van der Waals surface area contributed by atoms with Crippen LogP contribution in [0.3, 0.4) is 0 Å². The molecule has 0 bridgehead atoms. The smallest absolute Gasteiger partial charge is 0.415 e. The first-order valence-corrected chi connectivity index (χ1v) is 13.8. The van der Waals surface area contributed by atoms with Crippen molar-refractivity contribution in [2.24, 2.45) is 5.92 Å². The summed E-state index contributed by atoms with van der Waals surface area (Å²) in [5, 5.41) is 9.60. The molecule has 3 N–H and O–H groups in total. The van der Waals surface area contributed by atoms with E-state index in [-0.39, 0.29) is 18.6 Å². The molecular formula is C28H38N6O5. The van der Waals surface area contributed by atoms with Crippen LogP contribution in [0.15, 0.2) is 12.1 Å². The van der Waals surface area contributed by atoms with E-state index in [9.17, 15) is 9.59 Å². The van der Waals surface area contributed by atoms with E-state index in [4.69, 9.17) is 19.2 Å². The molecule has 39 heavy (non-hydrogen) atoms. The van der Waals surface area contributed by atoms with Gasteiger partial charge in [0.05, 0.1) is 6.54 Å². The van der Waals surface area contributed by atoms with Crippen LogP contribution in [0, 0.1) is 19.8 Å². The maximum Gasteiger partial charge on any atom is 0.415 e. The molecule has 1 aliphatic carbocycles. The number of aryl methyl sites for hydroxylation is 1. The average molecular weight is 539 g/mol. The lowest BCUT2D eigenvalue weighted by Crippen LogP contribution is -2.30. The van der Waals surface area contributed by atoms with Crippen molar-refractivity contribution in [2.75, 3.05) is 49.6 Å². The number of cyclic esters (lactones) is 1. The Kier molecular flexibility index (Phi) is 8.18. The first-order chi connectivity index (χ1) is 18.8. The van der Waals surface area contributed by atoms with Crippen LogP contribution in [0.4, 0.5) is 16.4 Å². The summed E-state index contributed by atoms with van der Waals surface area (Å²) in [5.74, 6) is 2.22. The van der Waals surface area contributed by atoms with Gasteiger partial charge in [0, 0.05) is 23.8 Å². The summed E-state index contributed by atoms with van der Waals surface area (Å²) in [4.78, 5) is 34.7. The van der Waals surface area contributed by atoms with Crippen molar-refractivity contribution in [3.63, 3.8) is 0 Å². The number of ether oxygens (including phenoxy) is 3. The van der Waals surface area contributed by atoms with Crippen LogP contribution in [0.1, 0.15) is 42.7 Å². The lowest BCUT2D eigenvalue weighted by atomic mass is 10.0. The summed E-state index contributed by atoms with van der Waals surface area (Å²) in [5.41, 5.74) is 4.94. The largest absolute Gasteiger partial charge is 0.480 e. The lowest BCUT2D eigenvalue weighted by Gasteiger charge is -2.19. The number of fused-ring (bicyclic) bond motifs is 2. The Morgan fingerprint density at radius 1 is 1.15 bits per heavy atom. The second-order valence-electron chi connectivity index (χ2n) is 10.8. The van der Waals surface area contributed by atoms with Crippen LogP contribution < -0.4 is 30.3 Å². The normalized spacial score (nSPS) is 20.0. The molecule has 2 aromatic heterocycles. The fraction of sp³-hybridized carbons (Fsp3) is 0.571. The van der Waals surface area contributed by atoms with E-state index >= 15 is 0 Å². The van der Waals surface area contributed by atoms with Crippen LogP contribution >= 0.6 is 0 Å². The number of pyridine rings is 2. The molecule has 0 radical (unpaired) electrons. The summed E-state index contributed by atoms with van der Waals surface area (Å²) in [6, 6.07) is 3.84. The number of carbonyl (C=O) groups is 2. The standard InChI is InChI=1S/C28H38N6O5/c1-16(2)30-9-10-37-27-17(3)21-11-19(12-22(21)18(4)31-27)13-29-8-7-20-14-34(28(36)39-20)24-6-5-23-26(32-24)33-25(35)15-38-23/h5-6,16,19-20,29-30H,7-15H2,1-4H3,(H,32,33,35). The second-order valence-corrected chi connectivity index (χ2v) is 10.8. The first-order valence-electron chi connectivity index (χ1n) is 13.8. The molecule has 0 spiro atoms. The van der Waals surface area contributed by atoms with Crippen molar-refractivity contribution >= 4 is 23.6 Å². The van der Waals surface area contributed by atoms with Gasteiger partial charge in [-0.25, -0.2) is 14.8 Å². The van der Waals surface area contributed by atoms with Gasteiger partial charge in [-0.2, -0.15) is 0 Å². The van der Waals surface area contributed by atoms with Gasteiger partial charge in [0.1, 0.15) is 18.5 Å². The summed E-state index contributed by atoms with van der Waals surface area (Å²) >= 11 is 0.